The first-order chi connectivity index (χ1) is 9.47. The van der Waals surface area contributed by atoms with E-state index in [4.69, 9.17) is 45.0 Å². The molecule has 0 aliphatic heterocycles. The van der Waals surface area contributed by atoms with Crippen LogP contribution in [0.3, 0.4) is 0 Å². The van der Waals surface area contributed by atoms with Gasteiger partial charge in [-0.1, -0.05) is 34.8 Å². The summed E-state index contributed by atoms with van der Waals surface area (Å²) in [6.07, 6.45) is 1.44. The topological polar surface area (TPSA) is 63.5 Å². The van der Waals surface area contributed by atoms with Crippen molar-refractivity contribution in [2.45, 2.75) is 0 Å². The Labute approximate surface area is 135 Å². The second kappa shape index (κ2) is 6.45. The highest BCUT2D eigenvalue weighted by atomic mass is 35.5. The summed E-state index contributed by atoms with van der Waals surface area (Å²) in [6, 6.07) is 6.66. The second-order valence-corrected chi connectivity index (χ2v) is 5.34. The maximum Gasteiger partial charge on any atom is 0.184 e. The third kappa shape index (κ3) is 3.64. The van der Waals surface area contributed by atoms with E-state index in [0.29, 0.717) is 32.2 Å². The molecule has 0 atom stereocenters. The molecule has 2 aromatic rings. The Morgan fingerprint density at radius 1 is 1.20 bits per heavy atom. The predicted octanol–water partition coefficient (Wildman–Crippen LogP) is 4.07. The summed E-state index contributed by atoms with van der Waals surface area (Å²) in [5, 5.41) is 5.08. The molecule has 1 aromatic carbocycles. The molecule has 0 radical (unpaired) electrons. The van der Waals surface area contributed by atoms with Gasteiger partial charge in [-0.05, 0) is 36.5 Å². The van der Waals surface area contributed by atoms with E-state index in [-0.39, 0.29) is 5.11 Å². The van der Waals surface area contributed by atoms with E-state index in [9.17, 15) is 0 Å². The number of nitrogens with one attached hydrogen (secondary N) is 1. The molecule has 20 heavy (non-hydrogen) atoms. The first kappa shape index (κ1) is 15.1. The maximum atomic E-state index is 6.11. The maximum absolute atomic E-state index is 6.11. The van der Waals surface area contributed by atoms with Crippen molar-refractivity contribution in [1.82, 2.24) is 5.43 Å². The summed E-state index contributed by atoms with van der Waals surface area (Å²) in [7, 11) is 0. The molecular formula is C12H8Cl3N3OS. The van der Waals surface area contributed by atoms with Gasteiger partial charge in [0, 0.05) is 5.56 Å². The number of nitrogens with zero attached hydrogens (tertiary/aromatic N) is 1. The summed E-state index contributed by atoms with van der Waals surface area (Å²) >= 11 is 22.6. The molecule has 8 heteroatoms. The SMILES string of the molecule is NC(=S)N/N=C\c1ccc(-c2cc(Cl)c(Cl)cc2Cl)o1. The molecule has 2 rings (SSSR count). The molecule has 0 unspecified atom stereocenters. The molecule has 1 heterocycles. The smallest absolute Gasteiger partial charge is 0.184 e. The monoisotopic (exact) mass is 347 g/mol. The van der Waals surface area contributed by atoms with Gasteiger partial charge in [-0.3, -0.25) is 5.43 Å². The van der Waals surface area contributed by atoms with Gasteiger partial charge < -0.3 is 10.2 Å². The van der Waals surface area contributed by atoms with Gasteiger partial charge >= 0.3 is 0 Å². The predicted molar refractivity (Wildman–Crippen MR) is 86.7 cm³/mol. The quantitative estimate of drug-likeness (QED) is 0.380. The van der Waals surface area contributed by atoms with Crippen LogP contribution in [0.25, 0.3) is 11.3 Å². The van der Waals surface area contributed by atoms with Gasteiger partial charge in [0.1, 0.15) is 11.5 Å². The van der Waals surface area contributed by atoms with Crippen LogP contribution in [0.5, 0.6) is 0 Å². The Balaban J connectivity index is 2.27. The van der Waals surface area contributed by atoms with E-state index in [1.807, 2.05) is 0 Å². The molecule has 0 bridgehead atoms. The van der Waals surface area contributed by atoms with Crippen molar-refractivity contribution >= 4 is 58.3 Å². The fourth-order valence-electron chi connectivity index (χ4n) is 1.44. The van der Waals surface area contributed by atoms with Crippen LogP contribution in [0.2, 0.25) is 15.1 Å². The summed E-state index contributed by atoms with van der Waals surface area (Å²) in [5.41, 5.74) is 8.30. The number of hydrogen-bond donors (Lipinski definition) is 2. The molecule has 1 aromatic heterocycles. The number of benzene rings is 1. The molecule has 4 nitrogen and oxygen atoms in total. The lowest BCUT2D eigenvalue weighted by Gasteiger charge is -2.03. The van der Waals surface area contributed by atoms with E-state index >= 15 is 0 Å². The van der Waals surface area contributed by atoms with Crippen LogP contribution in [0.15, 0.2) is 33.8 Å². The zero-order valence-electron chi connectivity index (χ0n) is 9.86. The normalized spacial score (nSPS) is 10.9. The van der Waals surface area contributed by atoms with E-state index in [0.717, 1.165) is 0 Å². The molecule has 0 saturated carbocycles. The minimum Gasteiger partial charge on any atom is -0.455 e. The minimum absolute atomic E-state index is 0.0700. The number of hydrazone groups is 1. The summed E-state index contributed by atoms with van der Waals surface area (Å²) in [6.45, 7) is 0. The number of furan rings is 1. The Morgan fingerprint density at radius 2 is 1.90 bits per heavy atom. The van der Waals surface area contributed by atoms with Crippen LogP contribution in [0.1, 0.15) is 5.76 Å². The molecule has 3 N–H and O–H groups in total. The molecule has 0 aliphatic carbocycles. The van der Waals surface area contributed by atoms with Crippen molar-refractivity contribution in [1.29, 1.82) is 0 Å². The molecule has 0 saturated heterocycles. The lowest BCUT2D eigenvalue weighted by Crippen LogP contribution is -2.23. The van der Waals surface area contributed by atoms with Gasteiger partial charge in [-0.2, -0.15) is 5.10 Å². The van der Waals surface area contributed by atoms with E-state index < -0.39 is 0 Å². The minimum atomic E-state index is 0.0700. The van der Waals surface area contributed by atoms with Crippen LogP contribution in [0.4, 0.5) is 0 Å². The standard InChI is InChI=1S/C12H8Cl3N3OS/c13-8-4-10(15)9(14)3-7(8)11-2-1-6(19-11)5-17-18-12(16)20/h1-5H,(H3,16,18,20)/b17-5-. The number of halogens is 3. The van der Waals surface area contributed by atoms with Crippen LogP contribution < -0.4 is 11.2 Å². The number of rotatable bonds is 3. The van der Waals surface area contributed by atoms with Gasteiger partial charge in [0.05, 0.1) is 21.3 Å². The fraction of sp³-hybridized carbons (Fsp3) is 0. The fourth-order valence-corrected chi connectivity index (χ4v) is 2.13. The molecular weight excluding hydrogens is 341 g/mol. The van der Waals surface area contributed by atoms with Crippen molar-refractivity contribution in [2.24, 2.45) is 10.8 Å². The summed E-state index contributed by atoms with van der Waals surface area (Å²) in [5.74, 6) is 1.05. The summed E-state index contributed by atoms with van der Waals surface area (Å²) in [4.78, 5) is 0. The van der Waals surface area contributed by atoms with Crippen LogP contribution >= 0.6 is 47.0 Å². The van der Waals surface area contributed by atoms with Gasteiger partial charge in [0.15, 0.2) is 5.11 Å². The van der Waals surface area contributed by atoms with Crippen molar-refractivity contribution in [3.8, 4) is 11.3 Å². The lowest BCUT2D eigenvalue weighted by atomic mass is 10.2. The van der Waals surface area contributed by atoms with E-state index in [2.05, 4.69) is 22.7 Å². The van der Waals surface area contributed by atoms with Gasteiger partial charge in [0.25, 0.3) is 0 Å². The van der Waals surface area contributed by atoms with Crippen molar-refractivity contribution in [3.63, 3.8) is 0 Å². The molecule has 104 valence electrons. The third-order valence-corrected chi connectivity index (χ3v) is 3.39. The first-order valence-corrected chi connectivity index (χ1v) is 6.85. The van der Waals surface area contributed by atoms with Crippen LogP contribution in [-0.4, -0.2) is 11.3 Å². The zero-order chi connectivity index (χ0) is 14.7. The lowest BCUT2D eigenvalue weighted by molar-refractivity contribution is 0.574. The highest BCUT2D eigenvalue weighted by Gasteiger charge is 2.11. The van der Waals surface area contributed by atoms with Gasteiger partial charge in [0.2, 0.25) is 0 Å². The van der Waals surface area contributed by atoms with E-state index in [1.165, 1.54) is 6.21 Å². The largest absolute Gasteiger partial charge is 0.455 e. The Bertz CT molecular complexity index is 685. The molecule has 0 fully saturated rings. The van der Waals surface area contributed by atoms with Gasteiger partial charge in [-0.15, -0.1) is 0 Å². The number of hydrogen-bond acceptors (Lipinski definition) is 3. The Kier molecular flexibility index (Phi) is 4.88. The average Bonchev–Trinajstić information content (AvgIpc) is 2.82. The highest BCUT2D eigenvalue weighted by Crippen LogP contribution is 2.35. The van der Waals surface area contributed by atoms with Crippen LogP contribution in [-0.2, 0) is 0 Å². The second-order valence-electron chi connectivity index (χ2n) is 3.68. The van der Waals surface area contributed by atoms with Crippen molar-refractivity contribution < 1.29 is 4.42 Å². The number of nitrogens with two attached hydrogens (primary N) is 1. The molecule has 0 aliphatic rings. The zero-order valence-corrected chi connectivity index (χ0v) is 12.9. The molecule has 0 spiro atoms. The Hall–Kier alpha value is -1.27. The van der Waals surface area contributed by atoms with E-state index in [1.54, 1.807) is 24.3 Å². The first-order valence-electron chi connectivity index (χ1n) is 5.30. The van der Waals surface area contributed by atoms with Crippen LogP contribution in [0, 0.1) is 0 Å². The van der Waals surface area contributed by atoms with Gasteiger partial charge in [-0.25, -0.2) is 0 Å². The highest BCUT2D eigenvalue weighted by molar-refractivity contribution is 7.80. The third-order valence-electron chi connectivity index (χ3n) is 2.27. The molecule has 0 amide bonds. The Morgan fingerprint density at radius 3 is 2.60 bits per heavy atom. The summed E-state index contributed by atoms with van der Waals surface area (Å²) < 4.78 is 5.57. The van der Waals surface area contributed by atoms with Crippen molar-refractivity contribution in [2.75, 3.05) is 0 Å². The number of thiocarbonyl (C=S) groups is 1. The average molecular weight is 349 g/mol. The van der Waals surface area contributed by atoms with Crippen molar-refractivity contribution in [3.05, 3.63) is 45.1 Å².